The number of aryl methyl sites for hydroxylation is 2. The topological polar surface area (TPSA) is 47.8 Å². The molecule has 0 saturated carbocycles. The summed E-state index contributed by atoms with van der Waals surface area (Å²) in [7, 11) is 0. The maximum atomic E-state index is 11.7. The van der Waals surface area contributed by atoms with Gasteiger partial charge in [-0.15, -0.1) is 11.3 Å². The van der Waals surface area contributed by atoms with Crippen LogP contribution in [-0.2, 0) is 17.8 Å². The van der Waals surface area contributed by atoms with Gasteiger partial charge >= 0.3 is 0 Å². The van der Waals surface area contributed by atoms with Gasteiger partial charge in [0.05, 0.1) is 17.1 Å². The Kier molecular flexibility index (Phi) is 3.14. The minimum atomic E-state index is 0.140. The molecule has 0 aliphatic carbocycles. The van der Waals surface area contributed by atoms with Crippen LogP contribution in [0.25, 0.3) is 0 Å². The molecule has 0 amide bonds. The number of aromatic nitrogens is 3. The second kappa shape index (κ2) is 4.57. The Labute approximate surface area is 97.9 Å². The zero-order valence-electron chi connectivity index (χ0n) is 9.30. The van der Waals surface area contributed by atoms with Crippen molar-refractivity contribution >= 4 is 17.1 Å². The first-order chi connectivity index (χ1) is 7.65. The highest BCUT2D eigenvalue weighted by atomic mass is 32.1. The average molecular weight is 235 g/mol. The zero-order valence-corrected chi connectivity index (χ0v) is 10.1. The molecule has 0 aliphatic heterocycles. The van der Waals surface area contributed by atoms with Crippen molar-refractivity contribution in [1.82, 2.24) is 14.8 Å². The van der Waals surface area contributed by atoms with Crippen LogP contribution in [0.4, 0.5) is 0 Å². The molecule has 0 N–H and O–H groups in total. The predicted octanol–water partition coefficient (Wildman–Crippen LogP) is 1.77. The maximum Gasteiger partial charge on any atom is 0.161 e. The molecule has 0 fully saturated rings. The number of Topliss-reactive ketones (excluding diaryl/α,β-unsaturated/α-hetero) is 1. The Hall–Kier alpha value is -1.49. The molecule has 2 aromatic rings. The number of ketones is 1. The number of nitrogens with zero attached hydrogens (tertiary/aromatic N) is 3. The average Bonchev–Trinajstić information content (AvgIpc) is 2.78. The van der Waals surface area contributed by atoms with Crippen LogP contribution in [0.2, 0.25) is 0 Å². The van der Waals surface area contributed by atoms with Gasteiger partial charge < -0.3 is 0 Å². The Balaban J connectivity index is 2.00. The number of thiazole rings is 1. The van der Waals surface area contributed by atoms with Crippen molar-refractivity contribution in [3.05, 3.63) is 34.0 Å². The largest absolute Gasteiger partial charge is 0.297 e. The molecule has 0 spiro atoms. The minimum Gasteiger partial charge on any atom is -0.297 e. The van der Waals surface area contributed by atoms with Gasteiger partial charge in [0.2, 0.25) is 0 Å². The third kappa shape index (κ3) is 2.55. The molecule has 0 aromatic carbocycles. The Morgan fingerprint density at radius 1 is 1.50 bits per heavy atom. The second-order valence-electron chi connectivity index (χ2n) is 3.73. The fraction of sp³-hybridized carbons (Fsp3) is 0.364. The molecule has 0 atom stereocenters. The summed E-state index contributed by atoms with van der Waals surface area (Å²) < 4.78 is 1.74. The summed E-state index contributed by atoms with van der Waals surface area (Å²) in [5.74, 6) is 0.140. The SMILES string of the molecule is Cc1cc(C)n(CC(=O)Cc2nccs2)n1. The van der Waals surface area contributed by atoms with Crippen LogP contribution in [-0.4, -0.2) is 20.5 Å². The highest BCUT2D eigenvalue weighted by Gasteiger charge is 2.09. The Bertz CT molecular complexity index is 487. The summed E-state index contributed by atoms with van der Waals surface area (Å²) in [6, 6.07) is 1.97. The molecule has 4 nitrogen and oxygen atoms in total. The van der Waals surface area contributed by atoms with Gasteiger partial charge in [-0.05, 0) is 19.9 Å². The highest BCUT2D eigenvalue weighted by Crippen LogP contribution is 2.07. The number of rotatable bonds is 4. The third-order valence-corrected chi connectivity index (χ3v) is 3.04. The van der Waals surface area contributed by atoms with E-state index in [-0.39, 0.29) is 5.78 Å². The highest BCUT2D eigenvalue weighted by molar-refractivity contribution is 7.09. The molecule has 0 unspecified atom stereocenters. The first-order valence-electron chi connectivity index (χ1n) is 5.06. The number of carbonyl (C=O) groups is 1. The van der Waals surface area contributed by atoms with Crippen LogP contribution in [0, 0.1) is 13.8 Å². The lowest BCUT2D eigenvalue weighted by molar-refractivity contribution is -0.119. The lowest BCUT2D eigenvalue weighted by Gasteiger charge is -2.02. The molecule has 84 valence electrons. The predicted molar refractivity (Wildman–Crippen MR) is 62.5 cm³/mol. The third-order valence-electron chi connectivity index (χ3n) is 2.26. The van der Waals surface area contributed by atoms with Gasteiger partial charge in [0.25, 0.3) is 0 Å². The van der Waals surface area contributed by atoms with Crippen molar-refractivity contribution in [3.63, 3.8) is 0 Å². The summed E-state index contributed by atoms with van der Waals surface area (Å²) in [5, 5.41) is 7.01. The quantitative estimate of drug-likeness (QED) is 0.811. The van der Waals surface area contributed by atoms with Crippen LogP contribution < -0.4 is 0 Å². The van der Waals surface area contributed by atoms with Crippen molar-refractivity contribution in [2.75, 3.05) is 0 Å². The monoisotopic (exact) mass is 235 g/mol. The van der Waals surface area contributed by atoms with Crippen molar-refractivity contribution in [3.8, 4) is 0 Å². The molecule has 16 heavy (non-hydrogen) atoms. The molecule has 2 heterocycles. The van der Waals surface area contributed by atoms with Gasteiger partial charge in [0.15, 0.2) is 5.78 Å². The van der Waals surface area contributed by atoms with Crippen LogP contribution in [0.3, 0.4) is 0 Å². The number of carbonyl (C=O) groups excluding carboxylic acids is 1. The zero-order chi connectivity index (χ0) is 11.5. The summed E-state index contributed by atoms with van der Waals surface area (Å²) in [6.07, 6.45) is 2.12. The summed E-state index contributed by atoms with van der Waals surface area (Å²) in [4.78, 5) is 15.8. The maximum absolute atomic E-state index is 11.7. The normalized spacial score (nSPS) is 10.6. The fourth-order valence-corrected chi connectivity index (χ4v) is 2.21. The van der Waals surface area contributed by atoms with Crippen molar-refractivity contribution in [1.29, 1.82) is 0 Å². The second-order valence-corrected chi connectivity index (χ2v) is 4.71. The summed E-state index contributed by atoms with van der Waals surface area (Å²) in [6.45, 7) is 4.21. The van der Waals surface area contributed by atoms with Gasteiger partial charge in [0, 0.05) is 17.3 Å². The first kappa shape index (κ1) is 11.0. The van der Waals surface area contributed by atoms with Gasteiger partial charge in [-0.2, -0.15) is 5.10 Å². The standard InChI is InChI=1S/C11H13N3OS/c1-8-5-9(2)14(13-8)7-10(15)6-11-12-3-4-16-11/h3-5H,6-7H2,1-2H3. The van der Waals surface area contributed by atoms with Gasteiger partial charge in [0.1, 0.15) is 6.54 Å². The van der Waals surface area contributed by atoms with Crippen LogP contribution >= 0.6 is 11.3 Å². The van der Waals surface area contributed by atoms with Crippen LogP contribution in [0.1, 0.15) is 16.4 Å². The van der Waals surface area contributed by atoms with E-state index in [9.17, 15) is 4.79 Å². The molecular formula is C11H13N3OS. The lowest BCUT2D eigenvalue weighted by Crippen LogP contribution is -2.14. The molecule has 0 bridgehead atoms. The smallest absolute Gasteiger partial charge is 0.161 e. The fourth-order valence-electron chi connectivity index (χ4n) is 1.57. The van der Waals surface area contributed by atoms with Crippen LogP contribution in [0.5, 0.6) is 0 Å². The molecule has 0 aliphatic rings. The van der Waals surface area contributed by atoms with E-state index in [0.717, 1.165) is 16.4 Å². The summed E-state index contributed by atoms with van der Waals surface area (Å²) >= 11 is 1.51. The Morgan fingerprint density at radius 3 is 2.88 bits per heavy atom. The number of hydrogen-bond donors (Lipinski definition) is 0. The van der Waals surface area contributed by atoms with Crippen molar-refractivity contribution in [2.24, 2.45) is 0 Å². The van der Waals surface area contributed by atoms with Gasteiger partial charge in [-0.1, -0.05) is 0 Å². The molecule has 5 heteroatoms. The van der Waals surface area contributed by atoms with Gasteiger partial charge in [-0.25, -0.2) is 4.98 Å². The minimum absolute atomic E-state index is 0.140. The van der Waals surface area contributed by atoms with E-state index >= 15 is 0 Å². The van der Waals surface area contributed by atoms with E-state index < -0.39 is 0 Å². The lowest BCUT2D eigenvalue weighted by atomic mass is 10.3. The van der Waals surface area contributed by atoms with E-state index in [4.69, 9.17) is 0 Å². The van der Waals surface area contributed by atoms with E-state index in [2.05, 4.69) is 10.1 Å². The molecular weight excluding hydrogens is 222 g/mol. The van der Waals surface area contributed by atoms with E-state index in [0.29, 0.717) is 13.0 Å². The van der Waals surface area contributed by atoms with Crippen molar-refractivity contribution in [2.45, 2.75) is 26.8 Å². The molecule has 2 rings (SSSR count). The van der Waals surface area contributed by atoms with Crippen LogP contribution in [0.15, 0.2) is 17.6 Å². The molecule has 0 saturated heterocycles. The Morgan fingerprint density at radius 2 is 2.31 bits per heavy atom. The molecule has 0 radical (unpaired) electrons. The van der Waals surface area contributed by atoms with Gasteiger partial charge in [-0.3, -0.25) is 9.48 Å². The molecule has 2 aromatic heterocycles. The number of hydrogen-bond acceptors (Lipinski definition) is 4. The van der Waals surface area contributed by atoms with E-state index in [1.165, 1.54) is 11.3 Å². The van der Waals surface area contributed by atoms with E-state index in [1.807, 2.05) is 25.3 Å². The first-order valence-corrected chi connectivity index (χ1v) is 5.94. The van der Waals surface area contributed by atoms with E-state index in [1.54, 1.807) is 10.9 Å². The summed E-state index contributed by atoms with van der Waals surface area (Å²) in [5.41, 5.74) is 1.96. The van der Waals surface area contributed by atoms with Crippen molar-refractivity contribution < 1.29 is 4.79 Å².